The van der Waals surface area contributed by atoms with Gasteiger partial charge in [-0.05, 0) is 36.4 Å². The first-order chi connectivity index (χ1) is 13.1. The molecule has 6 rings (SSSR count). The van der Waals surface area contributed by atoms with Crippen molar-refractivity contribution in [2.24, 2.45) is 11.8 Å². The highest BCUT2D eigenvalue weighted by Crippen LogP contribution is 2.58. The molecule has 0 amide bonds. The van der Waals surface area contributed by atoms with Gasteiger partial charge in [0.1, 0.15) is 6.10 Å². The van der Waals surface area contributed by atoms with Crippen molar-refractivity contribution in [3.63, 3.8) is 0 Å². The van der Waals surface area contributed by atoms with E-state index in [0.29, 0.717) is 23.2 Å². The summed E-state index contributed by atoms with van der Waals surface area (Å²) in [4.78, 5) is 15.8. The van der Waals surface area contributed by atoms with E-state index in [-0.39, 0.29) is 6.10 Å². The summed E-state index contributed by atoms with van der Waals surface area (Å²) in [6.07, 6.45) is 3.02. The molecule has 138 valence electrons. The van der Waals surface area contributed by atoms with Gasteiger partial charge in [0.25, 0.3) is 0 Å². The van der Waals surface area contributed by atoms with Gasteiger partial charge in [0.2, 0.25) is 5.60 Å². The number of hydrogen-bond acceptors (Lipinski definition) is 4. The van der Waals surface area contributed by atoms with Crippen molar-refractivity contribution >= 4 is 5.97 Å². The zero-order valence-corrected chi connectivity index (χ0v) is 15.3. The average Bonchev–Trinajstić information content (AvgIpc) is 3.40. The van der Waals surface area contributed by atoms with Crippen LogP contribution in [0.2, 0.25) is 0 Å². The second-order valence-corrected chi connectivity index (χ2v) is 8.66. The van der Waals surface area contributed by atoms with Crippen LogP contribution in [0.1, 0.15) is 30.4 Å². The summed E-state index contributed by atoms with van der Waals surface area (Å²) < 4.78 is 5.97. The number of esters is 1. The number of benzene rings is 2. The van der Waals surface area contributed by atoms with Crippen LogP contribution in [-0.2, 0) is 15.1 Å². The molecule has 2 aromatic carbocycles. The van der Waals surface area contributed by atoms with Crippen molar-refractivity contribution in [2.45, 2.75) is 43.1 Å². The number of hydrogen-bond donors (Lipinski definition) is 1. The summed E-state index contributed by atoms with van der Waals surface area (Å²) in [6.45, 7) is 0. The van der Waals surface area contributed by atoms with Gasteiger partial charge in [0.05, 0.1) is 0 Å². The van der Waals surface area contributed by atoms with E-state index < -0.39 is 11.6 Å². The molecule has 2 unspecified atom stereocenters. The van der Waals surface area contributed by atoms with Crippen LogP contribution in [0.25, 0.3) is 11.1 Å². The third kappa shape index (κ3) is 1.97. The lowest BCUT2D eigenvalue weighted by Crippen LogP contribution is -2.48. The van der Waals surface area contributed by atoms with Gasteiger partial charge >= 0.3 is 5.97 Å². The van der Waals surface area contributed by atoms with Gasteiger partial charge < -0.3 is 9.84 Å². The number of ether oxygens (including phenoxy) is 1. The van der Waals surface area contributed by atoms with Crippen LogP contribution >= 0.6 is 0 Å². The standard InChI is InChI=1S/C23H23NO3/c1-24-20-10-13(11-21(24)17-12-16(17)20)27-22(25)23(26)18-8-4-2-6-14(18)15-7-3-5-9-19(15)23/h2-9,13,16-17,20-21,26H,10-12H2,1H3/t13-,16+,17?,20+,21?/m1/s1. The van der Waals surface area contributed by atoms with Crippen molar-refractivity contribution in [2.75, 3.05) is 7.05 Å². The second kappa shape index (κ2) is 5.21. The normalized spacial score (nSPS) is 34.5. The molecule has 0 aromatic heterocycles. The Kier molecular flexibility index (Phi) is 3.06. The monoisotopic (exact) mass is 361 g/mol. The molecule has 4 nitrogen and oxygen atoms in total. The minimum absolute atomic E-state index is 0.0968. The molecule has 1 N–H and O–H groups in total. The summed E-state index contributed by atoms with van der Waals surface area (Å²) in [5, 5.41) is 11.6. The average molecular weight is 361 g/mol. The van der Waals surface area contributed by atoms with Crippen LogP contribution < -0.4 is 0 Å². The fourth-order valence-corrected chi connectivity index (χ4v) is 6.05. The quantitative estimate of drug-likeness (QED) is 0.836. The van der Waals surface area contributed by atoms with Gasteiger partial charge in [0.15, 0.2) is 0 Å². The van der Waals surface area contributed by atoms with Crippen molar-refractivity contribution in [1.29, 1.82) is 0 Å². The Balaban J connectivity index is 1.33. The van der Waals surface area contributed by atoms with E-state index >= 15 is 0 Å². The summed E-state index contributed by atoms with van der Waals surface area (Å²) in [6, 6.07) is 16.3. The molecule has 3 fully saturated rings. The van der Waals surface area contributed by atoms with Crippen LogP contribution in [0.15, 0.2) is 48.5 Å². The van der Waals surface area contributed by atoms with Gasteiger partial charge in [-0.15, -0.1) is 0 Å². The third-order valence-corrected chi connectivity index (χ3v) is 7.43. The van der Waals surface area contributed by atoms with Crippen molar-refractivity contribution < 1.29 is 14.6 Å². The molecule has 1 saturated carbocycles. The fraction of sp³-hybridized carbons (Fsp3) is 0.435. The maximum absolute atomic E-state index is 13.3. The number of rotatable bonds is 2. The molecule has 4 aliphatic rings. The maximum Gasteiger partial charge on any atom is 0.348 e. The van der Waals surface area contributed by atoms with Gasteiger partial charge in [-0.25, -0.2) is 4.79 Å². The zero-order valence-electron chi connectivity index (χ0n) is 15.3. The highest BCUT2D eigenvalue weighted by atomic mass is 16.6. The maximum atomic E-state index is 13.3. The predicted molar refractivity (Wildman–Crippen MR) is 101 cm³/mol. The van der Waals surface area contributed by atoms with E-state index in [2.05, 4.69) is 11.9 Å². The number of carbonyl (C=O) groups excluding carboxylic acids is 1. The summed E-state index contributed by atoms with van der Waals surface area (Å²) >= 11 is 0. The number of fused-ring (bicyclic) bond motifs is 8. The number of piperidine rings is 2. The van der Waals surface area contributed by atoms with E-state index in [4.69, 9.17) is 4.74 Å². The van der Waals surface area contributed by atoms with Crippen LogP contribution in [0.5, 0.6) is 0 Å². The lowest BCUT2D eigenvalue weighted by Gasteiger charge is -2.39. The fourth-order valence-electron chi connectivity index (χ4n) is 6.05. The van der Waals surface area contributed by atoms with Crippen molar-refractivity contribution in [1.82, 2.24) is 4.90 Å². The Labute approximate surface area is 158 Å². The van der Waals surface area contributed by atoms with Gasteiger partial charge in [-0.2, -0.15) is 0 Å². The summed E-state index contributed by atoms with van der Waals surface area (Å²) in [7, 11) is 2.20. The molecule has 2 aliphatic heterocycles. The van der Waals surface area contributed by atoms with E-state index in [0.717, 1.165) is 35.8 Å². The van der Waals surface area contributed by atoms with Crippen LogP contribution in [0.4, 0.5) is 0 Å². The van der Waals surface area contributed by atoms with Crippen LogP contribution in [0, 0.1) is 11.8 Å². The first-order valence-corrected chi connectivity index (χ1v) is 9.94. The molecular weight excluding hydrogens is 338 g/mol. The second-order valence-electron chi connectivity index (χ2n) is 8.66. The Bertz CT molecular complexity index is 891. The first kappa shape index (κ1) is 15.8. The Morgan fingerprint density at radius 3 is 2.04 bits per heavy atom. The smallest absolute Gasteiger partial charge is 0.348 e. The molecule has 5 atom stereocenters. The Hall–Kier alpha value is -2.17. The van der Waals surface area contributed by atoms with Crippen molar-refractivity contribution in [3.05, 3.63) is 59.7 Å². The van der Waals surface area contributed by atoms with E-state index in [9.17, 15) is 9.90 Å². The molecular formula is C23H23NO3. The number of carbonyl (C=O) groups is 1. The molecule has 2 saturated heterocycles. The molecule has 0 spiro atoms. The molecule has 2 aliphatic carbocycles. The van der Waals surface area contributed by atoms with Crippen molar-refractivity contribution in [3.8, 4) is 11.1 Å². The summed E-state index contributed by atoms with van der Waals surface area (Å²) in [5.74, 6) is 1.06. The number of nitrogens with zero attached hydrogens (tertiary/aromatic N) is 1. The van der Waals surface area contributed by atoms with E-state index in [1.54, 1.807) is 0 Å². The van der Waals surface area contributed by atoms with Gasteiger partial charge in [-0.1, -0.05) is 48.5 Å². The SMILES string of the molecule is CN1C2C[C@H](OC(=O)C3(O)c4ccccc4-c4ccccc43)C[C@H]1[C@H]1CC21. The number of aliphatic hydroxyl groups is 1. The highest BCUT2D eigenvalue weighted by Gasteiger charge is 2.61. The zero-order chi connectivity index (χ0) is 18.3. The largest absolute Gasteiger partial charge is 0.460 e. The third-order valence-electron chi connectivity index (χ3n) is 7.43. The van der Waals surface area contributed by atoms with Crippen LogP contribution in [0.3, 0.4) is 0 Å². The van der Waals surface area contributed by atoms with E-state index in [1.165, 1.54) is 6.42 Å². The predicted octanol–water partition coefficient (Wildman–Crippen LogP) is 2.93. The molecule has 27 heavy (non-hydrogen) atoms. The highest BCUT2D eigenvalue weighted by molar-refractivity contribution is 5.96. The topological polar surface area (TPSA) is 49.8 Å². The molecule has 2 aromatic rings. The molecule has 2 bridgehead atoms. The lowest BCUT2D eigenvalue weighted by molar-refractivity contribution is -0.171. The molecule has 0 radical (unpaired) electrons. The van der Waals surface area contributed by atoms with Gasteiger partial charge in [-0.3, -0.25) is 4.90 Å². The summed E-state index contributed by atoms with van der Waals surface area (Å²) in [5.41, 5.74) is 1.39. The minimum Gasteiger partial charge on any atom is -0.460 e. The molecule has 4 heteroatoms. The Morgan fingerprint density at radius 1 is 0.963 bits per heavy atom. The van der Waals surface area contributed by atoms with E-state index in [1.807, 2.05) is 48.5 Å². The van der Waals surface area contributed by atoms with Crippen LogP contribution in [-0.4, -0.2) is 41.2 Å². The minimum atomic E-state index is -1.71. The Morgan fingerprint density at radius 2 is 1.48 bits per heavy atom. The lowest BCUT2D eigenvalue weighted by atomic mass is 9.91. The molecule has 2 heterocycles. The first-order valence-electron chi connectivity index (χ1n) is 9.94. The van der Waals surface area contributed by atoms with Gasteiger partial charge in [0, 0.05) is 36.1 Å².